The third-order valence-electron chi connectivity index (χ3n) is 3.48. The first-order valence-electron chi connectivity index (χ1n) is 5.91. The Hall–Kier alpha value is -0.340. The van der Waals surface area contributed by atoms with Gasteiger partial charge in [0.15, 0.2) is 0 Å². The number of thiophene rings is 1. The largest absolute Gasteiger partial charge is 0.309 e. The molecule has 1 nitrogen and oxygen atoms in total. The van der Waals surface area contributed by atoms with Gasteiger partial charge in [-0.2, -0.15) is 0 Å². The minimum atomic E-state index is 0.584. The molecule has 1 aromatic heterocycles. The maximum atomic E-state index is 3.67. The minimum absolute atomic E-state index is 0.584. The Morgan fingerprint density at radius 3 is 2.73 bits per heavy atom. The Morgan fingerprint density at radius 1 is 1.40 bits per heavy atom. The third kappa shape index (κ3) is 3.32. The standard InChI is InChI=1S/C13H21NS/c1-13(2)7-5-11(6-8-13)14-10-12-4-3-9-15-12/h3-4,9,11,14H,5-8,10H2,1-2H3. The molecule has 0 aliphatic heterocycles. The van der Waals surface area contributed by atoms with Crippen LogP contribution in [0, 0.1) is 5.41 Å². The second-order valence-corrected chi connectivity index (χ2v) is 6.43. The highest BCUT2D eigenvalue weighted by molar-refractivity contribution is 7.09. The third-order valence-corrected chi connectivity index (χ3v) is 4.36. The molecule has 0 bridgehead atoms. The Kier molecular flexibility index (Phi) is 3.47. The summed E-state index contributed by atoms with van der Waals surface area (Å²) in [5.74, 6) is 0. The van der Waals surface area contributed by atoms with Crippen LogP contribution < -0.4 is 5.32 Å². The summed E-state index contributed by atoms with van der Waals surface area (Å²) in [4.78, 5) is 1.46. The van der Waals surface area contributed by atoms with E-state index in [-0.39, 0.29) is 0 Å². The maximum absolute atomic E-state index is 3.67. The number of rotatable bonds is 3. The van der Waals surface area contributed by atoms with Crippen molar-refractivity contribution < 1.29 is 0 Å². The van der Waals surface area contributed by atoms with E-state index in [4.69, 9.17) is 0 Å². The van der Waals surface area contributed by atoms with Gasteiger partial charge in [0.2, 0.25) is 0 Å². The molecular formula is C13H21NS. The number of hydrogen-bond acceptors (Lipinski definition) is 2. The first-order chi connectivity index (χ1) is 7.16. The van der Waals surface area contributed by atoms with Crippen molar-refractivity contribution >= 4 is 11.3 Å². The van der Waals surface area contributed by atoms with Crippen LogP contribution in [-0.4, -0.2) is 6.04 Å². The summed E-state index contributed by atoms with van der Waals surface area (Å²) in [6.45, 7) is 5.84. The molecule has 1 saturated carbocycles. The lowest BCUT2D eigenvalue weighted by Gasteiger charge is -2.34. The van der Waals surface area contributed by atoms with Crippen LogP contribution in [0.1, 0.15) is 44.4 Å². The predicted molar refractivity (Wildman–Crippen MR) is 67.2 cm³/mol. The van der Waals surface area contributed by atoms with Crippen LogP contribution >= 0.6 is 11.3 Å². The molecular weight excluding hydrogens is 202 g/mol. The van der Waals surface area contributed by atoms with Gasteiger partial charge < -0.3 is 5.32 Å². The summed E-state index contributed by atoms with van der Waals surface area (Å²) in [6, 6.07) is 5.09. The molecule has 0 saturated heterocycles. The quantitative estimate of drug-likeness (QED) is 0.821. The Labute approximate surface area is 96.9 Å². The highest BCUT2D eigenvalue weighted by Gasteiger charge is 2.26. The van der Waals surface area contributed by atoms with E-state index in [0.29, 0.717) is 5.41 Å². The smallest absolute Gasteiger partial charge is 0.0302 e. The Bertz CT molecular complexity index is 279. The monoisotopic (exact) mass is 223 g/mol. The molecule has 1 N–H and O–H groups in total. The van der Waals surface area contributed by atoms with Gasteiger partial charge in [-0.1, -0.05) is 19.9 Å². The second kappa shape index (κ2) is 4.67. The molecule has 1 aromatic rings. The van der Waals surface area contributed by atoms with E-state index in [9.17, 15) is 0 Å². The zero-order chi connectivity index (χ0) is 10.7. The fourth-order valence-corrected chi connectivity index (χ4v) is 2.92. The van der Waals surface area contributed by atoms with Crippen LogP contribution in [-0.2, 0) is 6.54 Å². The van der Waals surface area contributed by atoms with E-state index in [1.54, 1.807) is 0 Å². The summed E-state index contributed by atoms with van der Waals surface area (Å²) in [5.41, 5.74) is 0.584. The average molecular weight is 223 g/mol. The van der Waals surface area contributed by atoms with E-state index in [2.05, 4.69) is 36.7 Å². The lowest BCUT2D eigenvalue weighted by molar-refractivity contribution is 0.206. The minimum Gasteiger partial charge on any atom is -0.309 e. The van der Waals surface area contributed by atoms with Gasteiger partial charge in [0.1, 0.15) is 0 Å². The van der Waals surface area contributed by atoms with Gasteiger partial charge in [0, 0.05) is 17.5 Å². The van der Waals surface area contributed by atoms with Crippen molar-refractivity contribution in [2.24, 2.45) is 5.41 Å². The van der Waals surface area contributed by atoms with E-state index in [1.165, 1.54) is 30.6 Å². The SMILES string of the molecule is CC1(C)CCC(NCc2cccs2)CC1. The molecule has 2 rings (SSSR count). The summed E-state index contributed by atoms with van der Waals surface area (Å²) in [7, 11) is 0. The summed E-state index contributed by atoms with van der Waals surface area (Å²) in [5, 5.41) is 5.83. The molecule has 1 fully saturated rings. The zero-order valence-electron chi connectivity index (χ0n) is 9.75. The van der Waals surface area contributed by atoms with Crippen LogP contribution in [0.15, 0.2) is 17.5 Å². The van der Waals surface area contributed by atoms with Crippen molar-refractivity contribution in [1.29, 1.82) is 0 Å². The number of nitrogens with one attached hydrogen (secondary N) is 1. The first-order valence-corrected chi connectivity index (χ1v) is 6.79. The fourth-order valence-electron chi connectivity index (χ4n) is 2.26. The van der Waals surface area contributed by atoms with Crippen molar-refractivity contribution in [1.82, 2.24) is 5.32 Å². The van der Waals surface area contributed by atoms with Gasteiger partial charge in [-0.3, -0.25) is 0 Å². The summed E-state index contributed by atoms with van der Waals surface area (Å²) >= 11 is 1.85. The molecule has 0 radical (unpaired) electrons. The molecule has 0 amide bonds. The topological polar surface area (TPSA) is 12.0 Å². The molecule has 0 aromatic carbocycles. The predicted octanol–water partition coefficient (Wildman–Crippen LogP) is 3.81. The molecule has 0 atom stereocenters. The van der Waals surface area contributed by atoms with Gasteiger partial charge in [-0.05, 0) is 42.5 Å². The van der Waals surface area contributed by atoms with E-state index in [0.717, 1.165) is 12.6 Å². The van der Waals surface area contributed by atoms with E-state index in [1.807, 2.05) is 11.3 Å². The van der Waals surface area contributed by atoms with Crippen molar-refractivity contribution in [3.8, 4) is 0 Å². The van der Waals surface area contributed by atoms with Crippen LogP contribution in [0.2, 0.25) is 0 Å². The van der Waals surface area contributed by atoms with E-state index >= 15 is 0 Å². The highest BCUT2D eigenvalue weighted by Crippen LogP contribution is 2.35. The zero-order valence-corrected chi connectivity index (χ0v) is 10.6. The average Bonchev–Trinajstić information content (AvgIpc) is 2.69. The van der Waals surface area contributed by atoms with Crippen molar-refractivity contribution in [3.05, 3.63) is 22.4 Å². The summed E-state index contributed by atoms with van der Waals surface area (Å²) < 4.78 is 0. The summed E-state index contributed by atoms with van der Waals surface area (Å²) in [6.07, 6.45) is 5.43. The maximum Gasteiger partial charge on any atom is 0.0302 e. The van der Waals surface area contributed by atoms with E-state index < -0.39 is 0 Å². The molecule has 1 heterocycles. The Balaban J connectivity index is 1.73. The normalized spacial score (nSPS) is 21.7. The van der Waals surface area contributed by atoms with Crippen molar-refractivity contribution in [2.75, 3.05) is 0 Å². The fraction of sp³-hybridized carbons (Fsp3) is 0.692. The molecule has 1 aliphatic carbocycles. The molecule has 2 heteroatoms. The van der Waals surface area contributed by atoms with Crippen molar-refractivity contribution in [3.63, 3.8) is 0 Å². The van der Waals surface area contributed by atoms with Crippen LogP contribution in [0.3, 0.4) is 0 Å². The van der Waals surface area contributed by atoms with Gasteiger partial charge >= 0.3 is 0 Å². The molecule has 15 heavy (non-hydrogen) atoms. The van der Waals surface area contributed by atoms with Gasteiger partial charge in [-0.25, -0.2) is 0 Å². The van der Waals surface area contributed by atoms with Crippen molar-refractivity contribution in [2.45, 2.75) is 52.1 Å². The number of hydrogen-bond donors (Lipinski definition) is 1. The molecule has 0 unspecified atom stereocenters. The molecule has 1 aliphatic rings. The van der Waals surface area contributed by atoms with Gasteiger partial charge in [-0.15, -0.1) is 11.3 Å². The first kappa shape index (κ1) is 11.2. The Morgan fingerprint density at radius 2 is 2.13 bits per heavy atom. The van der Waals surface area contributed by atoms with Crippen LogP contribution in [0.5, 0.6) is 0 Å². The highest BCUT2D eigenvalue weighted by atomic mass is 32.1. The second-order valence-electron chi connectivity index (χ2n) is 5.40. The van der Waals surface area contributed by atoms with Gasteiger partial charge in [0.25, 0.3) is 0 Å². The molecule has 84 valence electrons. The molecule has 0 spiro atoms. The van der Waals surface area contributed by atoms with Gasteiger partial charge in [0.05, 0.1) is 0 Å². The lowest BCUT2D eigenvalue weighted by atomic mass is 9.75. The van der Waals surface area contributed by atoms with Crippen LogP contribution in [0.4, 0.5) is 0 Å². The lowest BCUT2D eigenvalue weighted by Crippen LogP contribution is -2.34. The van der Waals surface area contributed by atoms with Crippen LogP contribution in [0.25, 0.3) is 0 Å².